The third-order valence-corrected chi connectivity index (χ3v) is 3.74. The van der Waals surface area contributed by atoms with Crippen LogP contribution in [0.4, 0.5) is 0 Å². The number of likely N-dealkylation sites (tertiary alicyclic amines) is 1. The average molecular weight is 256 g/mol. The molecule has 1 saturated heterocycles. The largest absolute Gasteiger partial charge is 0.465 e. The first-order valence-corrected chi connectivity index (χ1v) is 7.21. The predicted molar refractivity (Wildman–Crippen MR) is 73.3 cm³/mol. The summed E-state index contributed by atoms with van der Waals surface area (Å²) in [5, 5.41) is 0. The number of nitrogens with zero attached hydrogens (tertiary/aromatic N) is 1. The molecule has 1 aliphatic heterocycles. The average Bonchev–Trinajstić information content (AvgIpc) is 2.54. The van der Waals surface area contributed by atoms with Crippen molar-refractivity contribution in [2.45, 2.75) is 64.5 Å². The van der Waals surface area contributed by atoms with Gasteiger partial charge in [0.15, 0.2) is 0 Å². The lowest BCUT2D eigenvalue weighted by atomic mass is 10.0. The fourth-order valence-corrected chi connectivity index (χ4v) is 2.69. The van der Waals surface area contributed by atoms with Crippen LogP contribution in [0.3, 0.4) is 0 Å². The second-order valence-corrected chi connectivity index (χ2v) is 5.52. The summed E-state index contributed by atoms with van der Waals surface area (Å²) in [6.45, 7) is 7.84. The maximum absolute atomic E-state index is 11.8. The summed E-state index contributed by atoms with van der Waals surface area (Å²) in [6, 6.07) is 0.560. The van der Waals surface area contributed by atoms with E-state index in [1.165, 1.54) is 25.7 Å². The molecule has 1 fully saturated rings. The number of hydrogen-bond acceptors (Lipinski definition) is 4. The Morgan fingerprint density at radius 2 is 2.11 bits per heavy atom. The second-order valence-electron chi connectivity index (χ2n) is 5.52. The van der Waals surface area contributed by atoms with Gasteiger partial charge in [0.1, 0.15) is 5.54 Å². The molecule has 0 aromatic carbocycles. The highest BCUT2D eigenvalue weighted by atomic mass is 16.5. The van der Waals surface area contributed by atoms with Gasteiger partial charge in [-0.2, -0.15) is 0 Å². The van der Waals surface area contributed by atoms with Crippen molar-refractivity contribution in [1.82, 2.24) is 4.90 Å². The van der Waals surface area contributed by atoms with E-state index in [9.17, 15) is 4.79 Å². The predicted octanol–water partition coefficient (Wildman–Crippen LogP) is 1.92. The van der Waals surface area contributed by atoms with Gasteiger partial charge in [0.05, 0.1) is 6.61 Å². The minimum absolute atomic E-state index is 0.288. The molecule has 0 aliphatic carbocycles. The van der Waals surface area contributed by atoms with Crippen LogP contribution in [-0.2, 0) is 9.53 Å². The van der Waals surface area contributed by atoms with Crippen molar-refractivity contribution in [3.05, 3.63) is 0 Å². The van der Waals surface area contributed by atoms with Crippen molar-refractivity contribution in [3.8, 4) is 0 Å². The van der Waals surface area contributed by atoms with Crippen molar-refractivity contribution >= 4 is 5.97 Å². The zero-order chi connectivity index (χ0) is 13.6. The van der Waals surface area contributed by atoms with E-state index < -0.39 is 5.54 Å². The van der Waals surface area contributed by atoms with Crippen molar-refractivity contribution in [1.29, 1.82) is 0 Å². The van der Waals surface area contributed by atoms with Crippen LogP contribution in [0.5, 0.6) is 0 Å². The summed E-state index contributed by atoms with van der Waals surface area (Å²) in [7, 11) is 0. The summed E-state index contributed by atoms with van der Waals surface area (Å²) in [4.78, 5) is 14.2. The molecule has 4 nitrogen and oxygen atoms in total. The third kappa shape index (κ3) is 4.25. The molecule has 0 aromatic heterocycles. The first kappa shape index (κ1) is 15.4. The zero-order valence-corrected chi connectivity index (χ0v) is 12.1. The van der Waals surface area contributed by atoms with Gasteiger partial charge in [-0.05, 0) is 39.7 Å². The van der Waals surface area contributed by atoms with Gasteiger partial charge in [0.25, 0.3) is 0 Å². The van der Waals surface area contributed by atoms with E-state index in [1.54, 1.807) is 6.92 Å². The Balaban J connectivity index is 2.64. The van der Waals surface area contributed by atoms with E-state index in [0.29, 0.717) is 19.2 Å². The molecule has 0 radical (unpaired) electrons. The quantitative estimate of drug-likeness (QED) is 0.764. The van der Waals surface area contributed by atoms with E-state index >= 15 is 0 Å². The van der Waals surface area contributed by atoms with E-state index in [4.69, 9.17) is 10.5 Å². The molecular formula is C14H28N2O2. The molecule has 106 valence electrons. The van der Waals surface area contributed by atoms with Gasteiger partial charge in [0, 0.05) is 12.6 Å². The van der Waals surface area contributed by atoms with Crippen LogP contribution >= 0.6 is 0 Å². The van der Waals surface area contributed by atoms with Gasteiger partial charge in [0.2, 0.25) is 0 Å². The molecule has 4 heteroatoms. The Labute approximate surface area is 111 Å². The molecular weight excluding hydrogens is 228 g/mol. The van der Waals surface area contributed by atoms with Crippen LogP contribution in [0.2, 0.25) is 0 Å². The Morgan fingerprint density at radius 1 is 1.39 bits per heavy atom. The molecule has 2 atom stereocenters. The Bertz CT molecular complexity index is 267. The van der Waals surface area contributed by atoms with Crippen molar-refractivity contribution in [3.63, 3.8) is 0 Å². The van der Waals surface area contributed by atoms with Gasteiger partial charge in [-0.15, -0.1) is 0 Å². The lowest BCUT2D eigenvalue weighted by Gasteiger charge is -2.35. The van der Waals surface area contributed by atoms with Crippen LogP contribution in [0.15, 0.2) is 0 Å². The monoisotopic (exact) mass is 256 g/mol. The zero-order valence-electron chi connectivity index (χ0n) is 12.1. The molecule has 0 saturated carbocycles. The first-order valence-electron chi connectivity index (χ1n) is 7.21. The molecule has 2 N–H and O–H groups in total. The highest BCUT2D eigenvalue weighted by Gasteiger charge is 2.34. The van der Waals surface area contributed by atoms with Crippen LogP contribution in [0.25, 0.3) is 0 Å². The number of carbonyl (C=O) groups excluding carboxylic acids is 1. The summed E-state index contributed by atoms with van der Waals surface area (Å²) in [5.41, 5.74) is 5.23. The lowest BCUT2D eigenvalue weighted by molar-refractivity contribution is -0.150. The minimum Gasteiger partial charge on any atom is -0.465 e. The third-order valence-electron chi connectivity index (χ3n) is 3.74. The summed E-state index contributed by atoms with van der Waals surface area (Å²) in [6.07, 6.45) is 6.12. The molecule has 0 aromatic rings. The van der Waals surface area contributed by atoms with Gasteiger partial charge in [-0.25, -0.2) is 0 Å². The molecule has 2 unspecified atom stereocenters. The molecule has 1 rings (SSSR count). The summed E-state index contributed by atoms with van der Waals surface area (Å²) < 4.78 is 5.06. The Morgan fingerprint density at radius 3 is 2.72 bits per heavy atom. The number of hydrogen-bond donors (Lipinski definition) is 1. The van der Waals surface area contributed by atoms with Crippen LogP contribution in [0, 0.1) is 0 Å². The van der Waals surface area contributed by atoms with Gasteiger partial charge < -0.3 is 10.5 Å². The number of nitrogens with two attached hydrogens (primary N) is 1. The van der Waals surface area contributed by atoms with Gasteiger partial charge >= 0.3 is 5.97 Å². The van der Waals surface area contributed by atoms with E-state index in [2.05, 4.69) is 11.8 Å². The normalized spacial score (nSPS) is 25.2. The number of ether oxygens (including phenoxy) is 1. The number of esters is 1. The maximum Gasteiger partial charge on any atom is 0.327 e. The maximum atomic E-state index is 11.8. The lowest BCUT2D eigenvalue weighted by Crippen LogP contribution is -2.56. The second kappa shape index (κ2) is 7.10. The van der Waals surface area contributed by atoms with Crippen LogP contribution in [0.1, 0.15) is 52.9 Å². The summed E-state index contributed by atoms with van der Waals surface area (Å²) in [5.74, 6) is -0.288. The highest BCUT2D eigenvalue weighted by Crippen LogP contribution is 2.21. The molecule has 1 heterocycles. The molecule has 1 aliphatic rings. The van der Waals surface area contributed by atoms with E-state index in [-0.39, 0.29) is 5.97 Å². The topological polar surface area (TPSA) is 55.6 Å². The fourth-order valence-electron chi connectivity index (χ4n) is 2.69. The molecule has 18 heavy (non-hydrogen) atoms. The minimum atomic E-state index is -0.895. The fraction of sp³-hybridized carbons (Fsp3) is 0.929. The van der Waals surface area contributed by atoms with Crippen molar-refractivity contribution in [2.24, 2.45) is 5.73 Å². The van der Waals surface area contributed by atoms with Gasteiger partial charge in [-0.3, -0.25) is 9.69 Å². The van der Waals surface area contributed by atoms with Crippen LogP contribution < -0.4 is 5.73 Å². The highest BCUT2D eigenvalue weighted by molar-refractivity contribution is 5.80. The number of rotatable bonds is 5. The van der Waals surface area contributed by atoms with E-state index in [0.717, 1.165) is 13.0 Å². The molecule has 0 bridgehead atoms. The molecule has 0 amide bonds. The van der Waals surface area contributed by atoms with Crippen molar-refractivity contribution < 1.29 is 9.53 Å². The summed E-state index contributed by atoms with van der Waals surface area (Å²) >= 11 is 0. The van der Waals surface area contributed by atoms with E-state index in [1.807, 2.05) is 6.92 Å². The standard InChI is InChI=1S/C14H28N2O2/c1-4-12-9-7-6-8-10-16(12)11-14(3,15)13(17)18-5-2/h12H,4-11,15H2,1-3H3. The van der Waals surface area contributed by atoms with Gasteiger partial charge in [-0.1, -0.05) is 19.8 Å². The van der Waals surface area contributed by atoms with Crippen LogP contribution in [-0.4, -0.2) is 42.1 Å². The SMILES string of the molecule is CCOC(=O)C(C)(N)CN1CCCCCC1CC. The Hall–Kier alpha value is -0.610. The first-order chi connectivity index (χ1) is 8.51. The molecule has 0 spiro atoms. The smallest absolute Gasteiger partial charge is 0.327 e. The Kier molecular flexibility index (Phi) is 6.09. The van der Waals surface area contributed by atoms with Crippen molar-refractivity contribution in [2.75, 3.05) is 19.7 Å². The number of carbonyl (C=O) groups is 1.